The Kier molecular flexibility index (Phi) is 4.04. The van der Waals surface area contributed by atoms with Crippen LogP contribution in [0.2, 0.25) is 0 Å². The number of hydrogen-bond donors (Lipinski definition) is 1. The average molecular weight is 156 g/mol. The molecule has 2 atom stereocenters. The van der Waals surface area contributed by atoms with Gasteiger partial charge in [0.25, 0.3) is 0 Å². The van der Waals surface area contributed by atoms with Crippen LogP contribution in [0.1, 0.15) is 20.3 Å². The van der Waals surface area contributed by atoms with Crippen LogP contribution in [0, 0.1) is 17.2 Å². The molecule has 0 heterocycles. The fourth-order valence-electron chi connectivity index (χ4n) is 0.609. The van der Waals surface area contributed by atoms with Crippen molar-refractivity contribution in [3.05, 3.63) is 0 Å². The minimum atomic E-state index is -0.790. The first-order valence-corrected chi connectivity index (χ1v) is 3.41. The molecule has 0 rings (SSSR count). The molecule has 0 spiro atoms. The predicted molar refractivity (Wildman–Crippen MR) is 39.5 cm³/mol. The molecule has 0 saturated carbocycles. The number of carbonyl (C=O) groups is 1. The Hall–Kier alpha value is -1.24. The summed E-state index contributed by atoms with van der Waals surface area (Å²) in [6.07, 6.45) is -0.705. The van der Waals surface area contributed by atoms with Crippen LogP contribution in [0.3, 0.4) is 0 Å². The standard InChI is InChI=1S/C7H12N2O2/c1-5(3-4-8)6(2)11-7(9)10/h5-6H,3H2,1-2H3,(H2,9,10)/t5-,6?/m0/s1. The van der Waals surface area contributed by atoms with E-state index >= 15 is 0 Å². The highest BCUT2D eigenvalue weighted by Crippen LogP contribution is 2.09. The largest absolute Gasteiger partial charge is 0.446 e. The molecule has 4 nitrogen and oxygen atoms in total. The predicted octanol–water partition coefficient (Wildman–Crippen LogP) is 1.02. The van der Waals surface area contributed by atoms with E-state index in [9.17, 15) is 4.79 Å². The van der Waals surface area contributed by atoms with Crippen molar-refractivity contribution in [3.63, 3.8) is 0 Å². The molecule has 0 aromatic rings. The summed E-state index contributed by atoms with van der Waals surface area (Å²) in [5, 5.41) is 8.30. The van der Waals surface area contributed by atoms with Gasteiger partial charge in [-0.25, -0.2) is 4.79 Å². The molecule has 0 aliphatic carbocycles. The van der Waals surface area contributed by atoms with Gasteiger partial charge in [-0.2, -0.15) is 5.26 Å². The highest BCUT2D eigenvalue weighted by molar-refractivity contribution is 5.64. The number of ether oxygens (including phenoxy) is 1. The van der Waals surface area contributed by atoms with E-state index in [2.05, 4.69) is 4.74 Å². The number of nitrogens with zero attached hydrogens (tertiary/aromatic N) is 1. The summed E-state index contributed by atoms with van der Waals surface area (Å²) < 4.78 is 4.65. The van der Waals surface area contributed by atoms with Gasteiger partial charge in [0.05, 0.1) is 6.07 Å². The van der Waals surface area contributed by atoms with E-state index in [-0.39, 0.29) is 12.0 Å². The van der Waals surface area contributed by atoms with Gasteiger partial charge in [-0.05, 0) is 6.92 Å². The third-order valence-corrected chi connectivity index (χ3v) is 1.52. The number of nitriles is 1. The van der Waals surface area contributed by atoms with Crippen LogP contribution < -0.4 is 5.73 Å². The number of nitrogens with two attached hydrogens (primary N) is 1. The molecule has 62 valence electrons. The zero-order valence-electron chi connectivity index (χ0n) is 6.70. The summed E-state index contributed by atoms with van der Waals surface area (Å²) in [5.74, 6) is 0.0347. The fraction of sp³-hybridized carbons (Fsp3) is 0.714. The topological polar surface area (TPSA) is 76.1 Å². The summed E-state index contributed by atoms with van der Waals surface area (Å²) in [4.78, 5) is 10.2. The maximum atomic E-state index is 10.2. The summed E-state index contributed by atoms with van der Waals surface area (Å²) in [5.41, 5.74) is 4.78. The molecule has 0 aromatic heterocycles. The maximum Gasteiger partial charge on any atom is 0.404 e. The molecule has 0 fully saturated rings. The van der Waals surface area contributed by atoms with Crippen LogP contribution >= 0.6 is 0 Å². The molecule has 0 radical (unpaired) electrons. The Morgan fingerprint density at radius 2 is 2.27 bits per heavy atom. The first kappa shape index (κ1) is 9.76. The SMILES string of the molecule is CC(OC(N)=O)[C@@H](C)CC#N. The Morgan fingerprint density at radius 1 is 1.73 bits per heavy atom. The summed E-state index contributed by atoms with van der Waals surface area (Å²) in [6.45, 7) is 3.55. The second-order valence-electron chi connectivity index (χ2n) is 2.48. The molecule has 4 heteroatoms. The summed E-state index contributed by atoms with van der Waals surface area (Å²) in [6, 6.07) is 1.99. The second kappa shape index (κ2) is 4.56. The Balaban J connectivity index is 3.74. The van der Waals surface area contributed by atoms with Gasteiger partial charge < -0.3 is 10.5 Å². The lowest BCUT2D eigenvalue weighted by Crippen LogP contribution is -2.25. The van der Waals surface area contributed by atoms with E-state index in [1.165, 1.54) is 0 Å². The molecule has 0 bridgehead atoms. The second-order valence-corrected chi connectivity index (χ2v) is 2.48. The summed E-state index contributed by atoms with van der Waals surface area (Å²) in [7, 11) is 0. The average Bonchev–Trinajstić information content (AvgIpc) is 1.86. The molecule has 0 aromatic carbocycles. The van der Waals surface area contributed by atoms with Gasteiger partial charge in [-0.1, -0.05) is 6.92 Å². The minimum Gasteiger partial charge on any atom is -0.446 e. The molecule has 0 aliphatic rings. The number of rotatable bonds is 3. The van der Waals surface area contributed by atoms with Crippen LogP contribution in [0.4, 0.5) is 4.79 Å². The van der Waals surface area contributed by atoms with Crippen molar-refractivity contribution < 1.29 is 9.53 Å². The first-order chi connectivity index (χ1) is 5.07. The van der Waals surface area contributed by atoms with Gasteiger partial charge in [0.2, 0.25) is 0 Å². The first-order valence-electron chi connectivity index (χ1n) is 3.41. The van der Waals surface area contributed by atoms with Gasteiger partial charge in [-0.3, -0.25) is 0 Å². The van der Waals surface area contributed by atoms with Gasteiger partial charge >= 0.3 is 6.09 Å². The quantitative estimate of drug-likeness (QED) is 0.662. The zero-order chi connectivity index (χ0) is 8.85. The smallest absolute Gasteiger partial charge is 0.404 e. The fourth-order valence-corrected chi connectivity index (χ4v) is 0.609. The lowest BCUT2D eigenvalue weighted by molar-refractivity contribution is 0.0864. The maximum absolute atomic E-state index is 10.2. The van der Waals surface area contributed by atoms with Crippen LogP contribution in [0.25, 0.3) is 0 Å². The summed E-state index contributed by atoms with van der Waals surface area (Å²) >= 11 is 0. The van der Waals surface area contributed by atoms with Crippen molar-refractivity contribution >= 4 is 6.09 Å². The van der Waals surface area contributed by atoms with Crippen molar-refractivity contribution in [2.75, 3.05) is 0 Å². The van der Waals surface area contributed by atoms with Gasteiger partial charge in [0.1, 0.15) is 6.10 Å². The van der Waals surface area contributed by atoms with Gasteiger partial charge in [0.15, 0.2) is 0 Å². The molecule has 0 aliphatic heterocycles. The molecule has 11 heavy (non-hydrogen) atoms. The molecular weight excluding hydrogens is 144 g/mol. The molecular formula is C7H12N2O2. The van der Waals surface area contributed by atoms with E-state index in [0.717, 1.165) is 0 Å². The van der Waals surface area contributed by atoms with Crippen molar-refractivity contribution in [3.8, 4) is 6.07 Å². The highest BCUT2D eigenvalue weighted by Gasteiger charge is 2.14. The van der Waals surface area contributed by atoms with E-state index in [4.69, 9.17) is 11.0 Å². The third kappa shape index (κ3) is 4.20. The van der Waals surface area contributed by atoms with Crippen LogP contribution in [0.15, 0.2) is 0 Å². The Morgan fingerprint density at radius 3 is 2.64 bits per heavy atom. The van der Waals surface area contributed by atoms with Crippen molar-refractivity contribution in [2.45, 2.75) is 26.4 Å². The van der Waals surface area contributed by atoms with Crippen molar-refractivity contribution in [1.82, 2.24) is 0 Å². The Labute approximate surface area is 65.9 Å². The number of amides is 1. The van der Waals surface area contributed by atoms with Crippen molar-refractivity contribution in [2.24, 2.45) is 11.7 Å². The van der Waals surface area contributed by atoms with Crippen LogP contribution in [-0.4, -0.2) is 12.2 Å². The molecule has 1 amide bonds. The zero-order valence-corrected chi connectivity index (χ0v) is 6.70. The van der Waals surface area contributed by atoms with E-state index < -0.39 is 6.09 Å². The monoisotopic (exact) mass is 156 g/mol. The van der Waals surface area contributed by atoms with E-state index in [1.807, 2.05) is 13.0 Å². The number of hydrogen-bond acceptors (Lipinski definition) is 3. The minimum absolute atomic E-state index is 0.0347. The van der Waals surface area contributed by atoms with E-state index in [1.54, 1.807) is 6.92 Å². The van der Waals surface area contributed by atoms with E-state index in [0.29, 0.717) is 6.42 Å². The van der Waals surface area contributed by atoms with Crippen LogP contribution in [-0.2, 0) is 4.74 Å². The lowest BCUT2D eigenvalue weighted by atomic mass is 10.0. The number of carbonyl (C=O) groups excluding carboxylic acids is 1. The van der Waals surface area contributed by atoms with Crippen LogP contribution in [0.5, 0.6) is 0 Å². The van der Waals surface area contributed by atoms with Crippen molar-refractivity contribution in [1.29, 1.82) is 5.26 Å². The third-order valence-electron chi connectivity index (χ3n) is 1.52. The molecule has 0 saturated heterocycles. The van der Waals surface area contributed by atoms with Gasteiger partial charge in [-0.15, -0.1) is 0 Å². The normalized spacial score (nSPS) is 14.6. The molecule has 2 N–H and O–H groups in total. The number of primary amides is 1. The van der Waals surface area contributed by atoms with Gasteiger partial charge in [0, 0.05) is 12.3 Å². The Bertz CT molecular complexity index is 174. The molecule has 1 unspecified atom stereocenters. The highest BCUT2D eigenvalue weighted by atomic mass is 16.6. The lowest BCUT2D eigenvalue weighted by Gasteiger charge is -2.15.